The Bertz CT molecular complexity index is 1000. The van der Waals surface area contributed by atoms with Crippen molar-refractivity contribution in [3.05, 3.63) is 31.0 Å². The number of nitrogens with zero attached hydrogens (tertiary/aromatic N) is 5. The molecule has 23 heavy (non-hydrogen) atoms. The van der Waals surface area contributed by atoms with Gasteiger partial charge in [0.05, 0.1) is 30.4 Å². The second-order valence-corrected chi connectivity index (χ2v) is 5.49. The zero-order chi connectivity index (χ0) is 19.2. The summed E-state index contributed by atoms with van der Waals surface area (Å²) in [6.07, 6.45) is 3.40. The average molecular weight is 310 g/mol. The van der Waals surface area contributed by atoms with Crippen LogP contribution in [0.1, 0.15) is 43.5 Å². The maximum atomic E-state index is 9.28. The van der Waals surface area contributed by atoms with Gasteiger partial charge in [0.2, 0.25) is 0 Å². The highest BCUT2D eigenvalue weighted by Crippen LogP contribution is 2.36. The quantitative estimate of drug-likeness (QED) is 0.799. The molecule has 1 saturated carbocycles. The van der Waals surface area contributed by atoms with E-state index in [0.29, 0.717) is 16.9 Å². The Kier molecular flexibility index (Phi) is 2.58. The molecule has 3 aromatic rings. The third kappa shape index (κ3) is 2.48. The summed E-state index contributed by atoms with van der Waals surface area (Å²) in [7, 11) is 0. The minimum Gasteiger partial charge on any atom is -0.346 e. The largest absolute Gasteiger partial charge is 0.346 e. The molecule has 0 unspecified atom stereocenters. The minimum absolute atomic E-state index is 0.0197. The molecule has 1 atom stereocenters. The zero-order valence-electron chi connectivity index (χ0n) is 16.4. The Morgan fingerprint density at radius 3 is 3.13 bits per heavy atom. The zero-order valence-corrected chi connectivity index (χ0v) is 12.4. The van der Waals surface area contributed by atoms with E-state index in [1.165, 1.54) is 11.0 Å². The molecule has 0 amide bonds. The van der Waals surface area contributed by atoms with E-state index in [1.54, 1.807) is 18.6 Å². The van der Waals surface area contributed by atoms with Crippen molar-refractivity contribution in [3.8, 4) is 17.3 Å². The molecule has 1 fully saturated rings. The first-order valence-corrected chi connectivity index (χ1v) is 7.53. The van der Waals surface area contributed by atoms with Crippen LogP contribution in [0.2, 0.25) is 0 Å². The van der Waals surface area contributed by atoms with Gasteiger partial charge >= 0.3 is 0 Å². The number of aromatic amines is 1. The Hall–Kier alpha value is -2.68. The summed E-state index contributed by atoms with van der Waals surface area (Å²) in [6.45, 7) is 0. The van der Waals surface area contributed by atoms with Crippen molar-refractivity contribution in [1.29, 1.82) is 5.26 Å². The molecule has 3 aromatic heterocycles. The van der Waals surface area contributed by atoms with Gasteiger partial charge < -0.3 is 4.98 Å². The van der Waals surface area contributed by atoms with Crippen molar-refractivity contribution >= 4 is 11.0 Å². The third-order valence-corrected chi connectivity index (χ3v) is 4.11. The molecule has 0 bridgehead atoms. The lowest BCUT2D eigenvalue weighted by Gasteiger charge is -2.21. The van der Waals surface area contributed by atoms with Crippen LogP contribution in [0.25, 0.3) is 22.3 Å². The molecule has 6 heteroatoms. The van der Waals surface area contributed by atoms with Crippen molar-refractivity contribution in [2.45, 2.75) is 38.1 Å². The maximum Gasteiger partial charge on any atom is 0.141 e. The van der Waals surface area contributed by atoms with Crippen molar-refractivity contribution in [1.82, 2.24) is 24.7 Å². The predicted octanol–water partition coefficient (Wildman–Crippen LogP) is 3.47. The van der Waals surface area contributed by atoms with Gasteiger partial charge in [-0.3, -0.25) is 4.68 Å². The highest BCUT2D eigenvalue weighted by atomic mass is 15.3. The highest BCUT2D eigenvalue weighted by molar-refractivity contribution is 5.89. The molecule has 0 spiro atoms. The standard InChI is InChI=1S/C17H18N6/c18-7-5-15(12-3-1-2-4-12)23-10-13(9-22-23)16-14-6-8-19-17(14)21-11-20-16/h6,8-12,15H,1-5H2,(H,19,20,21)/t15-/m1/s1/i3D2,4D2. The van der Waals surface area contributed by atoms with E-state index in [-0.39, 0.29) is 19.3 Å². The van der Waals surface area contributed by atoms with E-state index in [2.05, 4.69) is 26.1 Å². The van der Waals surface area contributed by atoms with Gasteiger partial charge in [-0.15, -0.1) is 0 Å². The Labute approximate surface area is 139 Å². The summed E-state index contributed by atoms with van der Waals surface area (Å²) >= 11 is 0. The van der Waals surface area contributed by atoms with E-state index >= 15 is 0 Å². The SMILES string of the molecule is [2H]C1([2H])CCC([2H])([2H])C1[C@@H](CC#N)n1cc(-c2ncnc3[nH]ccc23)cn1. The summed E-state index contributed by atoms with van der Waals surface area (Å²) in [5, 5.41) is 14.4. The lowest BCUT2D eigenvalue weighted by molar-refractivity contribution is 0.315. The van der Waals surface area contributed by atoms with Crippen molar-refractivity contribution in [2.24, 2.45) is 5.92 Å². The van der Waals surface area contributed by atoms with Crippen LogP contribution < -0.4 is 0 Å². The fraction of sp³-hybridized carbons (Fsp3) is 0.412. The molecule has 4 rings (SSSR count). The number of nitriles is 1. The lowest BCUT2D eigenvalue weighted by atomic mass is 9.96. The molecule has 6 nitrogen and oxygen atoms in total. The van der Waals surface area contributed by atoms with Gasteiger partial charge in [0.25, 0.3) is 0 Å². The molecular formula is C17H18N6. The van der Waals surface area contributed by atoms with E-state index in [9.17, 15) is 5.26 Å². The topological polar surface area (TPSA) is 83.2 Å². The second kappa shape index (κ2) is 5.84. The molecule has 3 heterocycles. The Morgan fingerprint density at radius 1 is 1.43 bits per heavy atom. The molecule has 0 aromatic carbocycles. The first kappa shape index (κ1) is 10.2. The Balaban J connectivity index is 1.76. The third-order valence-electron chi connectivity index (χ3n) is 4.11. The predicted molar refractivity (Wildman–Crippen MR) is 86.3 cm³/mol. The van der Waals surface area contributed by atoms with Crippen LogP contribution in [0.4, 0.5) is 0 Å². The smallest absolute Gasteiger partial charge is 0.141 e. The summed E-state index contributed by atoms with van der Waals surface area (Å²) in [5.41, 5.74) is 2.09. The van der Waals surface area contributed by atoms with Crippen LogP contribution in [0, 0.1) is 17.2 Å². The fourth-order valence-electron chi connectivity index (χ4n) is 3.00. The first-order valence-electron chi connectivity index (χ1n) is 9.53. The van der Waals surface area contributed by atoms with Gasteiger partial charge in [-0.1, -0.05) is 12.8 Å². The summed E-state index contributed by atoms with van der Waals surface area (Å²) < 4.78 is 34.6. The molecule has 0 aliphatic heterocycles. The lowest BCUT2D eigenvalue weighted by Crippen LogP contribution is -2.17. The van der Waals surface area contributed by atoms with Gasteiger partial charge in [-0.25, -0.2) is 9.97 Å². The van der Waals surface area contributed by atoms with Crippen LogP contribution >= 0.6 is 0 Å². The normalized spacial score (nSPS) is 23.6. The van der Waals surface area contributed by atoms with Crippen LogP contribution in [0.5, 0.6) is 0 Å². The molecule has 1 aliphatic carbocycles. The molecule has 1 aliphatic rings. The first-order chi connectivity index (χ1) is 12.8. The minimum atomic E-state index is -1.69. The fourth-order valence-corrected chi connectivity index (χ4v) is 3.00. The van der Waals surface area contributed by atoms with Crippen LogP contribution in [0.15, 0.2) is 31.0 Å². The van der Waals surface area contributed by atoms with E-state index in [0.717, 1.165) is 5.39 Å². The Morgan fingerprint density at radius 2 is 2.30 bits per heavy atom. The molecule has 1 N–H and O–H groups in total. The molecule has 116 valence electrons. The van der Waals surface area contributed by atoms with Crippen LogP contribution in [-0.4, -0.2) is 24.7 Å². The van der Waals surface area contributed by atoms with Crippen molar-refractivity contribution < 1.29 is 5.48 Å². The highest BCUT2D eigenvalue weighted by Gasteiger charge is 2.27. The van der Waals surface area contributed by atoms with Crippen LogP contribution in [0.3, 0.4) is 0 Å². The summed E-state index contributed by atoms with van der Waals surface area (Å²) in [5.74, 6) is -0.949. The van der Waals surface area contributed by atoms with Crippen molar-refractivity contribution in [2.75, 3.05) is 0 Å². The molecular weight excluding hydrogens is 288 g/mol. The monoisotopic (exact) mass is 310 g/mol. The summed E-state index contributed by atoms with van der Waals surface area (Å²) in [6, 6.07) is 3.24. The van der Waals surface area contributed by atoms with Crippen molar-refractivity contribution in [3.63, 3.8) is 0 Å². The van der Waals surface area contributed by atoms with Gasteiger partial charge in [0, 0.05) is 28.8 Å². The second-order valence-electron chi connectivity index (χ2n) is 5.49. The van der Waals surface area contributed by atoms with Gasteiger partial charge in [0.15, 0.2) is 0 Å². The van der Waals surface area contributed by atoms with E-state index < -0.39 is 24.7 Å². The van der Waals surface area contributed by atoms with Crippen LogP contribution in [-0.2, 0) is 0 Å². The average Bonchev–Trinajstić information content (AvgIpc) is 3.32. The molecule has 0 saturated heterocycles. The van der Waals surface area contributed by atoms with Gasteiger partial charge in [0.1, 0.15) is 12.0 Å². The van der Waals surface area contributed by atoms with E-state index in [4.69, 9.17) is 5.48 Å². The molecule has 0 radical (unpaired) electrons. The number of hydrogen-bond donors (Lipinski definition) is 1. The van der Waals surface area contributed by atoms with Gasteiger partial charge in [-0.2, -0.15) is 10.4 Å². The number of hydrogen-bond acceptors (Lipinski definition) is 4. The van der Waals surface area contributed by atoms with E-state index in [1.807, 2.05) is 6.07 Å². The number of H-pyrrole nitrogens is 1. The maximum absolute atomic E-state index is 9.28. The number of rotatable bonds is 4. The van der Waals surface area contributed by atoms with Gasteiger partial charge in [-0.05, 0) is 24.7 Å². The number of fused-ring (bicyclic) bond motifs is 1. The number of nitrogens with one attached hydrogen (secondary N) is 1. The number of aromatic nitrogens is 5. The summed E-state index contributed by atoms with van der Waals surface area (Å²) in [4.78, 5) is 11.5.